The highest BCUT2D eigenvalue weighted by Gasteiger charge is 2.22. The molecule has 4 aromatic rings. The third-order valence-electron chi connectivity index (χ3n) is 5.14. The minimum Gasteiger partial charge on any atom is -0.496 e. The zero-order valence-electron chi connectivity index (χ0n) is 17.4. The molecule has 0 saturated heterocycles. The van der Waals surface area contributed by atoms with Gasteiger partial charge in [0.15, 0.2) is 5.16 Å². The van der Waals surface area contributed by atoms with Crippen LogP contribution in [0, 0.1) is 13.8 Å². The quantitative estimate of drug-likeness (QED) is 0.421. The molecule has 0 bridgehead atoms. The number of imidazole rings is 1. The molecule has 0 fully saturated rings. The highest BCUT2D eigenvalue weighted by molar-refractivity contribution is 7.98. The fraction of sp³-hybridized carbons (Fsp3) is 0.381. The van der Waals surface area contributed by atoms with Crippen LogP contribution in [0.25, 0.3) is 33.1 Å². The first-order valence-corrected chi connectivity index (χ1v) is 10.6. The van der Waals surface area contributed by atoms with E-state index in [0.29, 0.717) is 6.61 Å². The van der Waals surface area contributed by atoms with E-state index < -0.39 is 0 Å². The minimum atomic E-state index is 0.131. The van der Waals surface area contributed by atoms with Crippen molar-refractivity contribution < 1.29 is 14.0 Å². The molecule has 0 spiro atoms. The molecular formula is C21H24N4O3S. The molecule has 0 radical (unpaired) electrons. The molecule has 0 aliphatic heterocycles. The molecule has 3 aromatic heterocycles. The number of benzene rings is 1. The zero-order chi connectivity index (χ0) is 20.7. The summed E-state index contributed by atoms with van der Waals surface area (Å²) < 4.78 is 18.8. The van der Waals surface area contributed by atoms with Gasteiger partial charge >= 0.3 is 0 Å². The molecule has 4 rings (SSSR count). The van der Waals surface area contributed by atoms with Crippen molar-refractivity contribution in [1.82, 2.24) is 19.7 Å². The van der Waals surface area contributed by atoms with Crippen molar-refractivity contribution in [2.45, 2.75) is 32.0 Å². The Balaban J connectivity index is 2.05. The van der Waals surface area contributed by atoms with E-state index in [1.165, 1.54) is 0 Å². The lowest BCUT2D eigenvalue weighted by atomic mass is 10.0. The van der Waals surface area contributed by atoms with Gasteiger partial charge < -0.3 is 18.6 Å². The molecule has 1 atom stereocenters. The van der Waals surface area contributed by atoms with Gasteiger partial charge in [-0.25, -0.2) is 4.98 Å². The molecule has 7 nitrogen and oxygen atoms in total. The average molecular weight is 413 g/mol. The van der Waals surface area contributed by atoms with E-state index in [9.17, 15) is 0 Å². The summed E-state index contributed by atoms with van der Waals surface area (Å²) in [5.74, 6) is 1.50. The van der Waals surface area contributed by atoms with Crippen molar-refractivity contribution in [2.75, 3.05) is 27.1 Å². The van der Waals surface area contributed by atoms with E-state index in [2.05, 4.69) is 21.6 Å². The van der Waals surface area contributed by atoms with Gasteiger partial charge in [0, 0.05) is 18.1 Å². The standard InChI is InChI=1S/C21H24N4O3S/c1-11(10-26-4)25-20-14-8-18(27-5)15(19-12(2)24-28-13(19)3)7-16(14)22-9-17(20)23-21(25)29-6/h7-9,11H,10H2,1-6H3/t11-/m1/s1. The SMILES string of the molecule is COC[C@@H](C)n1c(SC)nc2cnc3cc(-c4c(C)noc4C)c(OC)cc3c21. The first-order chi connectivity index (χ1) is 14.0. The van der Waals surface area contributed by atoms with Crippen LogP contribution < -0.4 is 4.74 Å². The third kappa shape index (κ3) is 3.16. The van der Waals surface area contributed by atoms with E-state index in [-0.39, 0.29) is 6.04 Å². The Bertz CT molecular complexity index is 1180. The van der Waals surface area contributed by atoms with Crippen molar-refractivity contribution in [1.29, 1.82) is 0 Å². The second kappa shape index (κ2) is 7.68. The van der Waals surface area contributed by atoms with E-state index >= 15 is 0 Å². The smallest absolute Gasteiger partial charge is 0.169 e. The van der Waals surface area contributed by atoms with Crippen molar-refractivity contribution in [3.63, 3.8) is 0 Å². The van der Waals surface area contributed by atoms with Crippen LogP contribution in [0.5, 0.6) is 5.75 Å². The number of methoxy groups -OCH3 is 2. The van der Waals surface area contributed by atoms with E-state index in [0.717, 1.165) is 55.4 Å². The summed E-state index contributed by atoms with van der Waals surface area (Å²) in [6.45, 7) is 6.56. The predicted molar refractivity (Wildman–Crippen MR) is 115 cm³/mol. The fourth-order valence-electron chi connectivity index (χ4n) is 3.88. The van der Waals surface area contributed by atoms with Gasteiger partial charge in [0.05, 0.1) is 48.2 Å². The molecule has 0 unspecified atom stereocenters. The highest BCUT2D eigenvalue weighted by Crippen LogP contribution is 2.40. The third-order valence-corrected chi connectivity index (χ3v) is 5.79. The Labute approximate surface area is 173 Å². The summed E-state index contributed by atoms with van der Waals surface area (Å²) in [4.78, 5) is 9.47. The summed E-state index contributed by atoms with van der Waals surface area (Å²) in [5, 5.41) is 6.02. The van der Waals surface area contributed by atoms with Crippen molar-refractivity contribution >= 4 is 33.7 Å². The normalized spacial score (nSPS) is 12.8. The second-order valence-electron chi connectivity index (χ2n) is 7.03. The Kier molecular flexibility index (Phi) is 5.23. The molecular weight excluding hydrogens is 388 g/mol. The van der Waals surface area contributed by atoms with E-state index in [4.69, 9.17) is 19.0 Å². The van der Waals surface area contributed by atoms with Gasteiger partial charge in [-0.3, -0.25) is 4.98 Å². The zero-order valence-corrected chi connectivity index (χ0v) is 18.3. The molecule has 152 valence electrons. The monoisotopic (exact) mass is 412 g/mol. The summed E-state index contributed by atoms with van der Waals surface area (Å²) in [6.07, 6.45) is 3.86. The molecule has 3 heterocycles. The van der Waals surface area contributed by atoms with Gasteiger partial charge in [-0.15, -0.1) is 0 Å². The van der Waals surface area contributed by atoms with Crippen LogP contribution in [-0.2, 0) is 4.74 Å². The molecule has 0 saturated carbocycles. The Hall–Kier alpha value is -2.58. The minimum absolute atomic E-state index is 0.131. The summed E-state index contributed by atoms with van der Waals surface area (Å²) in [6, 6.07) is 4.21. The fourth-order valence-corrected chi connectivity index (χ4v) is 4.54. The molecule has 8 heteroatoms. The van der Waals surface area contributed by atoms with Crippen molar-refractivity contribution in [2.24, 2.45) is 0 Å². The number of aromatic nitrogens is 4. The number of rotatable bonds is 6. The lowest BCUT2D eigenvalue weighted by Crippen LogP contribution is -2.12. The Morgan fingerprint density at radius 1 is 1.21 bits per heavy atom. The van der Waals surface area contributed by atoms with E-state index in [1.807, 2.05) is 38.4 Å². The number of fused-ring (bicyclic) bond motifs is 3. The maximum Gasteiger partial charge on any atom is 0.169 e. The van der Waals surface area contributed by atoms with Crippen LogP contribution in [-0.4, -0.2) is 46.8 Å². The molecule has 0 N–H and O–H groups in total. The molecule has 1 aromatic carbocycles. The second-order valence-corrected chi connectivity index (χ2v) is 7.81. The van der Waals surface area contributed by atoms with Gasteiger partial charge in [-0.1, -0.05) is 16.9 Å². The largest absolute Gasteiger partial charge is 0.496 e. The van der Waals surface area contributed by atoms with Crippen molar-refractivity contribution in [3.05, 3.63) is 29.8 Å². The maximum atomic E-state index is 5.76. The number of hydrogen-bond acceptors (Lipinski definition) is 7. The number of aryl methyl sites for hydroxylation is 2. The van der Waals surface area contributed by atoms with Gasteiger partial charge in [-0.05, 0) is 39.2 Å². The number of thioether (sulfide) groups is 1. The summed E-state index contributed by atoms with van der Waals surface area (Å²) in [5.41, 5.74) is 5.45. The lowest BCUT2D eigenvalue weighted by molar-refractivity contribution is 0.160. The Morgan fingerprint density at radius 2 is 2.00 bits per heavy atom. The van der Waals surface area contributed by atoms with E-state index in [1.54, 1.807) is 26.0 Å². The first kappa shape index (κ1) is 19.7. The van der Waals surface area contributed by atoms with Gasteiger partial charge in [0.2, 0.25) is 0 Å². The van der Waals surface area contributed by atoms with Gasteiger partial charge in [0.1, 0.15) is 17.0 Å². The van der Waals surface area contributed by atoms with Gasteiger partial charge in [0.25, 0.3) is 0 Å². The lowest BCUT2D eigenvalue weighted by Gasteiger charge is -2.17. The van der Waals surface area contributed by atoms with Crippen LogP contribution in [0.15, 0.2) is 28.0 Å². The summed E-state index contributed by atoms with van der Waals surface area (Å²) in [7, 11) is 3.39. The Morgan fingerprint density at radius 3 is 2.62 bits per heavy atom. The first-order valence-electron chi connectivity index (χ1n) is 9.35. The topological polar surface area (TPSA) is 75.2 Å². The van der Waals surface area contributed by atoms with Crippen LogP contribution in [0.3, 0.4) is 0 Å². The average Bonchev–Trinajstić information content (AvgIpc) is 3.26. The molecule has 0 amide bonds. The number of pyridine rings is 1. The van der Waals surface area contributed by atoms with Crippen molar-refractivity contribution in [3.8, 4) is 16.9 Å². The van der Waals surface area contributed by atoms with Crippen LogP contribution in [0.1, 0.15) is 24.4 Å². The number of hydrogen-bond donors (Lipinski definition) is 0. The van der Waals surface area contributed by atoms with Crippen LogP contribution in [0.2, 0.25) is 0 Å². The molecule has 29 heavy (non-hydrogen) atoms. The summed E-state index contributed by atoms with van der Waals surface area (Å²) >= 11 is 1.62. The number of nitrogens with zero attached hydrogens (tertiary/aromatic N) is 4. The van der Waals surface area contributed by atoms with Crippen LogP contribution >= 0.6 is 11.8 Å². The maximum absolute atomic E-state index is 5.76. The van der Waals surface area contributed by atoms with Gasteiger partial charge in [-0.2, -0.15) is 0 Å². The molecule has 0 aliphatic carbocycles. The number of ether oxygens (including phenoxy) is 2. The predicted octanol–water partition coefficient (Wildman–Crippen LogP) is 4.79. The highest BCUT2D eigenvalue weighted by atomic mass is 32.2. The van der Waals surface area contributed by atoms with Crippen LogP contribution in [0.4, 0.5) is 0 Å². The molecule has 0 aliphatic rings.